The van der Waals surface area contributed by atoms with Gasteiger partial charge in [-0.1, -0.05) is 0 Å². The number of hydrogen-bond acceptors (Lipinski definition) is 4. The minimum atomic E-state index is 0.0601. The standard InChI is InChI=1S/C15H22N4O/c1-19(2)11-3-9-18-15(20)8-10-17-14-6-4-13(12-16)5-7-14/h4-7,17H,3,8-11H2,1-2H3,(H,18,20). The lowest BCUT2D eigenvalue weighted by Gasteiger charge is -2.10. The van der Waals surface area contributed by atoms with Gasteiger partial charge in [0.15, 0.2) is 0 Å². The van der Waals surface area contributed by atoms with Gasteiger partial charge < -0.3 is 15.5 Å². The minimum absolute atomic E-state index is 0.0601. The Morgan fingerprint density at radius 3 is 2.55 bits per heavy atom. The molecule has 1 amide bonds. The molecular weight excluding hydrogens is 252 g/mol. The van der Waals surface area contributed by atoms with E-state index >= 15 is 0 Å². The van der Waals surface area contributed by atoms with Crippen molar-refractivity contribution in [2.45, 2.75) is 12.8 Å². The largest absolute Gasteiger partial charge is 0.385 e. The fraction of sp³-hybridized carbons (Fsp3) is 0.467. The Bertz CT molecular complexity index is 448. The maximum atomic E-state index is 11.6. The topological polar surface area (TPSA) is 68.2 Å². The van der Waals surface area contributed by atoms with Crippen LogP contribution in [0.2, 0.25) is 0 Å². The Labute approximate surface area is 120 Å². The Hall–Kier alpha value is -2.06. The zero-order chi connectivity index (χ0) is 14.8. The molecule has 2 N–H and O–H groups in total. The molecule has 20 heavy (non-hydrogen) atoms. The molecule has 1 aromatic rings. The molecule has 0 aliphatic rings. The summed E-state index contributed by atoms with van der Waals surface area (Å²) in [5.74, 6) is 0.0601. The molecule has 0 aliphatic heterocycles. The van der Waals surface area contributed by atoms with E-state index in [-0.39, 0.29) is 5.91 Å². The van der Waals surface area contributed by atoms with Crippen molar-refractivity contribution in [1.82, 2.24) is 10.2 Å². The fourth-order valence-corrected chi connectivity index (χ4v) is 1.69. The van der Waals surface area contributed by atoms with Gasteiger partial charge in [-0.25, -0.2) is 0 Å². The van der Waals surface area contributed by atoms with Gasteiger partial charge in [0.1, 0.15) is 0 Å². The summed E-state index contributed by atoms with van der Waals surface area (Å²) in [6, 6.07) is 9.26. The molecule has 0 aromatic heterocycles. The van der Waals surface area contributed by atoms with Crippen LogP contribution in [0.1, 0.15) is 18.4 Å². The highest BCUT2D eigenvalue weighted by atomic mass is 16.1. The molecule has 0 unspecified atom stereocenters. The molecule has 0 atom stereocenters. The molecule has 0 spiro atoms. The summed E-state index contributed by atoms with van der Waals surface area (Å²) in [5.41, 5.74) is 1.55. The van der Waals surface area contributed by atoms with Crippen molar-refractivity contribution in [2.24, 2.45) is 0 Å². The number of anilines is 1. The quantitative estimate of drug-likeness (QED) is 0.704. The molecule has 0 heterocycles. The van der Waals surface area contributed by atoms with E-state index in [0.717, 1.165) is 18.7 Å². The Kier molecular flexibility index (Phi) is 7.15. The minimum Gasteiger partial charge on any atom is -0.385 e. The van der Waals surface area contributed by atoms with Crippen LogP contribution >= 0.6 is 0 Å². The number of nitrogens with one attached hydrogen (secondary N) is 2. The third kappa shape index (κ3) is 6.76. The van der Waals surface area contributed by atoms with E-state index in [0.29, 0.717) is 25.1 Å². The zero-order valence-electron chi connectivity index (χ0n) is 12.1. The highest BCUT2D eigenvalue weighted by Gasteiger charge is 2.00. The van der Waals surface area contributed by atoms with Crippen molar-refractivity contribution < 1.29 is 4.79 Å². The molecule has 1 rings (SSSR count). The van der Waals surface area contributed by atoms with Crippen LogP contribution in [0.5, 0.6) is 0 Å². The van der Waals surface area contributed by atoms with Crippen LogP contribution in [0, 0.1) is 11.3 Å². The number of benzene rings is 1. The second-order valence-corrected chi connectivity index (χ2v) is 4.87. The van der Waals surface area contributed by atoms with Gasteiger partial charge in [-0.3, -0.25) is 4.79 Å². The first kappa shape index (κ1) is 16.0. The summed E-state index contributed by atoms with van der Waals surface area (Å²) in [6.45, 7) is 2.28. The third-order valence-electron chi connectivity index (χ3n) is 2.80. The predicted molar refractivity (Wildman–Crippen MR) is 80.4 cm³/mol. The molecule has 5 nitrogen and oxygen atoms in total. The van der Waals surface area contributed by atoms with Crippen molar-refractivity contribution in [3.8, 4) is 6.07 Å². The van der Waals surface area contributed by atoms with E-state index in [1.165, 1.54) is 0 Å². The molecule has 108 valence electrons. The maximum Gasteiger partial charge on any atom is 0.221 e. The average molecular weight is 274 g/mol. The first-order valence-electron chi connectivity index (χ1n) is 6.77. The van der Waals surface area contributed by atoms with E-state index < -0.39 is 0 Å². The van der Waals surface area contributed by atoms with Gasteiger partial charge in [0.25, 0.3) is 0 Å². The van der Waals surface area contributed by atoms with Crippen LogP contribution in [0.15, 0.2) is 24.3 Å². The van der Waals surface area contributed by atoms with Gasteiger partial charge in [-0.2, -0.15) is 5.26 Å². The Morgan fingerprint density at radius 1 is 1.25 bits per heavy atom. The van der Waals surface area contributed by atoms with Gasteiger partial charge in [0, 0.05) is 25.2 Å². The predicted octanol–water partition coefficient (Wildman–Crippen LogP) is 1.43. The molecule has 0 fully saturated rings. The van der Waals surface area contributed by atoms with Crippen molar-refractivity contribution in [3.63, 3.8) is 0 Å². The van der Waals surface area contributed by atoms with Crippen molar-refractivity contribution in [3.05, 3.63) is 29.8 Å². The molecule has 0 saturated heterocycles. The Balaban J connectivity index is 2.13. The highest BCUT2D eigenvalue weighted by Crippen LogP contribution is 2.08. The highest BCUT2D eigenvalue weighted by molar-refractivity contribution is 5.76. The lowest BCUT2D eigenvalue weighted by molar-refractivity contribution is -0.120. The smallest absolute Gasteiger partial charge is 0.221 e. The van der Waals surface area contributed by atoms with Crippen LogP contribution in [0.3, 0.4) is 0 Å². The average Bonchev–Trinajstić information content (AvgIpc) is 2.44. The van der Waals surface area contributed by atoms with Gasteiger partial charge in [-0.05, 0) is 51.3 Å². The summed E-state index contributed by atoms with van der Waals surface area (Å²) >= 11 is 0. The first-order chi connectivity index (χ1) is 9.61. The van der Waals surface area contributed by atoms with Crippen LogP contribution in [-0.2, 0) is 4.79 Å². The summed E-state index contributed by atoms with van der Waals surface area (Å²) in [6.07, 6.45) is 1.41. The van der Waals surface area contributed by atoms with E-state index in [1.54, 1.807) is 12.1 Å². The molecular formula is C15H22N4O. The van der Waals surface area contributed by atoms with E-state index in [2.05, 4.69) is 21.6 Å². The lowest BCUT2D eigenvalue weighted by atomic mass is 10.2. The van der Waals surface area contributed by atoms with Gasteiger partial charge in [0.2, 0.25) is 5.91 Å². The van der Waals surface area contributed by atoms with E-state index in [4.69, 9.17) is 5.26 Å². The number of carbonyl (C=O) groups is 1. The van der Waals surface area contributed by atoms with E-state index in [9.17, 15) is 4.79 Å². The van der Waals surface area contributed by atoms with Crippen LogP contribution in [0.25, 0.3) is 0 Å². The van der Waals surface area contributed by atoms with Crippen molar-refractivity contribution in [2.75, 3.05) is 39.0 Å². The first-order valence-corrected chi connectivity index (χ1v) is 6.77. The van der Waals surface area contributed by atoms with E-state index in [1.807, 2.05) is 26.2 Å². The molecule has 0 bridgehead atoms. The molecule has 0 aliphatic carbocycles. The van der Waals surface area contributed by atoms with Gasteiger partial charge >= 0.3 is 0 Å². The fourth-order valence-electron chi connectivity index (χ4n) is 1.69. The number of rotatable bonds is 8. The van der Waals surface area contributed by atoms with Crippen LogP contribution in [0.4, 0.5) is 5.69 Å². The lowest BCUT2D eigenvalue weighted by Crippen LogP contribution is -2.28. The molecule has 0 saturated carbocycles. The summed E-state index contributed by atoms with van der Waals surface area (Å²) in [4.78, 5) is 13.7. The summed E-state index contributed by atoms with van der Waals surface area (Å²) < 4.78 is 0. The van der Waals surface area contributed by atoms with Gasteiger partial charge in [-0.15, -0.1) is 0 Å². The number of nitrogens with zero attached hydrogens (tertiary/aromatic N) is 2. The van der Waals surface area contributed by atoms with Crippen molar-refractivity contribution >= 4 is 11.6 Å². The number of amides is 1. The number of hydrogen-bond donors (Lipinski definition) is 2. The summed E-state index contributed by atoms with van der Waals surface area (Å²) in [7, 11) is 4.03. The monoisotopic (exact) mass is 274 g/mol. The molecule has 5 heteroatoms. The second-order valence-electron chi connectivity index (χ2n) is 4.87. The maximum absolute atomic E-state index is 11.6. The number of nitriles is 1. The second kappa shape index (κ2) is 8.94. The molecule has 1 aromatic carbocycles. The normalized spacial score (nSPS) is 10.1. The number of carbonyl (C=O) groups excluding carboxylic acids is 1. The zero-order valence-corrected chi connectivity index (χ0v) is 12.1. The SMILES string of the molecule is CN(C)CCCNC(=O)CCNc1ccc(C#N)cc1. The Morgan fingerprint density at radius 2 is 1.95 bits per heavy atom. The summed E-state index contributed by atoms with van der Waals surface area (Å²) in [5, 5.41) is 14.7. The van der Waals surface area contributed by atoms with Crippen molar-refractivity contribution in [1.29, 1.82) is 5.26 Å². The third-order valence-corrected chi connectivity index (χ3v) is 2.80. The van der Waals surface area contributed by atoms with Gasteiger partial charge in [0.05, 0.1) is 11.6 Å². The van der Waals surface area contributed by atoms with Crippen LogP contribution < -0.4 is 10.6 Å². The van der Waals surface area contributed by atoms with Crippen LogP contribution in [-0.4, -0.2) is 44.5 Å². The molecule has 0 radical (unpaired) electrons.